The zero-order valence-electron chi connectivity index (χ0n) is 17.7. The Morgan fingerprint density at radius 1 is 1.06 bits per heavy atom. The normalized spacial score (nSPS) is 16.5. The molecule has 162 valence electrons. The fourth-order valence-electron chi connectivity index (χ4n) is 3.85. The second-order valence-electron chi connectivity index (χ2n) is 7.67. The first-order valence-electron chi connectivity index (χ1n) is 10.4. The van der Waals surface area contributed by atoms with Crippen LogP contribution in [0.4, 0.5) is 0 Å². The summed E-state index contributed by atoms with van der Waals surface area (Å²) in [6.07, 6.45) is 0.920. The van der Waals surface area contributed by atoms with Crippen LogP contribution in [0.2, 0.25) is 0 Å². The number of nitrogens with zero attached hydrogens (tertiary/aromatic N) is 3. The average Bonchev–Trinajstić information content (AvgIpc) is 3.55. The molecule has 1 aliphatic heterocycles. The van der Waals surface area contributed by atoms with Crippen LogP contribution in [0.1, 0.15) is 34.9 Å². The van der Waals surface area contributed by atoms with Crippen molar-refractivity contribution in [1.82, 2.24) is 20.4 Å². The van der Waals surface area contributed by atoms with Crippen LogP contribution >= 0.6 is 34.9 Å². The molecule has 3 aromatic heterocycles. The standard InChI is InChI=1S/C24H22N4OS3/c1-15-7-9-17(10-8-15)21-20(23-26-22(27-29-23)19-6-4-14-32-19)16(2)28(24(30)25-21)12-11-18-5-3-13-31-18/h3-10,13-14,21H,11-12H2,1-2H3,(H,25,30). The lowest BCUT2D eigenvalue weighted by Crippen LogP contribution is -2.46. The molecular formula is C24H22N4OS3. The van der Waals surface area contributed by atoms with Crippen LogP contribution in [-0.4, -0.2) is 26.7 Å². The summed E-state index contributed by atoms with van der Waals surface area (Å²) in [4.78, 5) is 9.22. The molecule has 8 heteroatoms. The van der Waals surface area contributed by atoms with Crippen LogP contribution in [0.5, 0.6) is 0 Å². The van der Waals surface area contributed by atoms with Crippen molar-refractivity contribution in [2.45, 2.75) is 26.3 Å². The molecule has 0 radical (unpaired) electrons. The molecule has 4 aromatic rings. The van der Waals surface area contributed by atoms with Crippen LogP contribution in [0.25, 0.3) is 16.3 Å². The molecule has 1 atom stereocenters. The van der Waals surface area contributed by atoms with E-state index < -0.39 is 0 Å². The van der Waals surface area contributed by atoms with Crippen molar-refractivity contribution >= 4 is 45.6 Å². The Hall–Kier alpha value is -2.81. The average molecular weight is 479 g/mol. The summed E-state index contributed by atoms with van der Waals surface area (Å²) in [5, 5.41) is 12.6. The van der Waals surface area contributed by atoms with E-state index in [2.05, 4.69) is 71.0 Å². The maximum Gasteiger partial charge on any atom is 0.258 e. The highest BCUT2D eigenvalue weighted by atomic mass is 32.1. The van der Waals surface area contributed by atoms with E-state index in [1.807, 2.05) is 17.5 Å². The van der Waals surface area contributed by atoms with Crippen molar-refractivity contribution in [2.24, 2.45) is 0 Å². The molecule has 32 heavy (non-hydrogen) atoms. The molecule has 0 saturated heterocycles. The third-order valence-electron chi connectivity index (χ3n) is 5.57. The third kappa shape index (κ3) is 4.13. The zero-order chi connectivity index (χ0) is 22.1. The number of aromatic nitrogens is 2. The van der Waals surface area contributed by atoms with E-state index in [9.17, 15) is 0 Å². The lowest BCUT2D eigenvalue weighted by atomic mass is 9.94. The van der Waals surface area contributed by atoms with Crippen LogP contribution in [0.15, 0.2) is 69.5 Å². The van der Waals surface area contributed by atoms with Crippen molar-refractivity contribution in [3.8, 4) is 10.7 Å². The van der Waals surface area contributed by atoms with Gasteiger partial charge in [-0.3, -0.25) is 0 Å². The van der Waals surface area contributed by atoms with E-state index >= 15 is 0 Å². The minimum atomic E-state index is -0.155. The van der Waals surface area contributed by atoms with Gasteiger partial charge in [0.1, 0.15) is 0 Å². The number of rotatable bonds is 6. The zero-order valence-corrected chi connectivity index (χ0v) is 20.2. The van der Waals surface area contributed by atoms with Gasteiger partial charge in [-0.15, -0.1) is 22.7 Å². The molecule has 1 unspecified atom stereocenters. The number of hydrogen-bond donors (Lipinski definition) is 1. The predicted octanol–water partition coefficient (Wildman–Crippen LogP) is 6.07. The minimum absolute atomic E-state index is 0.155. The number of benzene rings is 1. The minimum Gasteiger partial charge on any atom is -0.351 e. The van der Waals surface area contributed by atoms with Crippen LogP contribution in [0, 0.1) is 6.92 Å². The number of nitrogens with one attached hydrogen (secondary N) is 1. The first-order chi connectivity index (χ1) is 15.6. The van der Waals surface area contributed by atoms with Crippen molar-refractivity contribution in [3.05, 3.63) is 86.9 Å². The van der Waals surface area contributed by atoms with E-state index in [0.717, 1.165) is 34.7 Å². The second-order valence-corrected chi connectivity index (χ2v) is 10.0. The Balaban J connectivity index is 1.55. The van der Waals surface area contributed by atoms with E-state index in [4.69, 9.17) is 21.7 Å². The molecule has 1 aromatic carbocycles. The second kappa shape index (κ2) is 8.97. The number of aryl methyl sites for hydroxylation is 1. The molecule has 5 rings (SSSR count). The summed E-state index contributed by atoms with van der Waals surface area (Å²) in [7, 11) is 0. The van der Waals surface area contributed by atoms with Crippen molar-refractivity contribution < 1.29 is 4.52 Å². The van der Waals surface area contributed by atoms with Gasteiger partial charge < -0.3 is 14.7 Å². The molecule has 5 nitrogen and oxygen atoms in total. The molecule has 4 heterocycles. The molecule has 0 saturated carbocycles. The summed E-state index contributed by atoms with van der Waals surface area (Å²) in [5.74, 6) is 1.13. The van der Waals surface area contributed by atoms with Crippen LogP contribution < -0.4 is 5.32 Å². The smallest absolute Gasteiger partial charge is 0.258 e. The van der Waals surface area contributed by atoms with Crippen molar-refractivity contribution in [2.75, 3.05) is 6.54 Å². The highest BCUT2D eigenvalue weighted by molar-refractivity contribution is 7.80. The van der Waals surface area contributed by atoms with Gasteiger partial charge >= 0.3 is 0 Å². The Kier molecular flexibility index (Phi) is 5.91. The summed E-state index contributed by atoms with van der Waals surface area (Å²) in [6.45, 7) is 4.96. The summed E-state index contributed by atoms with van der Waals surface area (Å²) in [5.41, 5.74) is 4.33. The Bertz CT molecular complexity index is 1240. The summed E-state index contributed by atoms with van der Waals surface area (Å²) < 4.78 is 5.79. The molecule has 0 amide bonds. The van der Waals surface area contributed by atoms with Crippen molar-refractivity contribution in [1.29, 1.82) is 0 Å². The predicted molar refractivity (Wildman–Crippen MR) is 135 cm³/mol. The molecule has 1 N–H and O–H groups in total. The van der Waals surface area contributed by atoms with Gasteiger partial charge in [0.2, 0.25) is 5.82 Å². The van der Waals surface area contributed by atoms with Gasteiger partial charge in [0, 0.05) is 17.1 Å². The molecule has 0 bridgehead atoms. The fraction of sp³-hybridized carbons (Fsp3) is 0.208. The van der Waals surface area contributed by atoms with Gasteiger partial charge in [0.25, 0.3) is 5.89 Å². The lowest BCUT2D eigenvalue weighted by molar-refractivity contribution is 0.397. The topological polar surface area (TPSA) is 54.2 Å². The van der Waals surface area contributed by atoms with Gasteiger partial charge in [-0.05, 0) is 60.9 Å². The maximum absolute atomic E-state index is 5.79. The molecule has 0 aliphatic carbocycles. The van der Waals surface area contributed by atoms with Crippen LogP contribution in [-0.2, 0) is 6.42 Å². The van der Waals surface area contributed by atoms with Gasteiger partial charge in [-0.1, -0.05) is 47.1 Å². The highest BCUT2D eigenvalue weighted by Crippen LogP contribution is 2.38. The third-order valence-corrected chi connectivity index (χ3v) is 7.71. The number of allylic oxidation sites excluding steroid dienone is 1. The van der Waals surface area contributed by atoms with Crippen molar-refractivity contribution in [3.63, 3.8) is 0 Å². The Labute approximate surface area is 200 Å². The highest BCUT2D eigenvalue weighted by Gasteiger charge is 2.34. The molecule has 0 fully saturated rings. The van der Waals surface area contributed by atoms with Gasteiger partial charge in [0.15, 0.2) is 5.11 Å². The quantitative estimate of drug-likeness (QED) is 0.339. The summed E-state index contributed by atoms with van der Waals surface area (Å²) in [6, 6.07) is 16.5. The monoisotopic (exact) mass is 478 g/mol. The van der Waals surface area contributed by atoms with Gasteiger partial charge in [-0.2, -0.15) is 4.98 Å². The number of hydrogen-bond acceptors (Lipinski definition) is 6. The maximum atomic E-state index is 5.79. The van der Waals surface area contributed by atoms with E-state index in [-0.39, 0.29) is 6.04 Å². The fourth-order valence-corrected chi connectivity index (χ4v) is 5.55. The van der Waals surface area contributed by atoms with Gasteiger partial charge in [-0.25, -0.2) is 0 Å². The number of thiocarbonyl (C=S) groups is 1. The lowest BCUT2D eigenvalue weighted by Gasteiger charge is -2.37. The first kappa shape index (κ1) is 21.1. The van der Waals surface area contributed by atoms with E-state index in [1.54, 1.807) is 22.7 Å². The first-order valence-corrected chi connectivity index (χ1v) is 12.5. The van der Waals surface area contributed by atoms with Crippen LogP contribution in [0.3, 0.4) is 0 Å². The van der Waals surface area contributed by atoms with E-state index in [1.165, 1.54) is 10.4 Å². The Morgan fingerprint density at radius 3 is 2.56 bits per heavy atom. The molecule has 0 spiro atoms. The van der Waals surface area contributed by atoms with Gasteiger partial charge in [0.05, 0.1) is 16.5 Å². The SMILES string of the molecule is CC1=C(c2nc(-c3cccs3)no2)C(c2ccc(C)cc2)NC(=S)N1CCc1cccs1. The molecular weight excluding hydrogens is 456 g/mol. The largest absolute Gasteiger partial charge is 0.351 e. The molecule has 1 aliphatic rings. The van der Waals surface area contributed by atoms with E-state index in [0.29, 0.717) is 16.8 Å². The Morgan fingerprint density at radius 2 is 1.84 bits per heavy atom. The number of thiophene rings is 2. The summed E-state index contributed by atoms with van der Waals surface area (Å²) >= 11 is 9.16.